The average Bonchev–Trinajstić information content (AvgIpc) is 4.13. The molecule has 2 amide bonds. The number of halogens is 2. The lowest BCUT2D eigenvalue weighted by Gasteiger charge is -2.40. The predicted molar refractivity (Wildman–Crippen MR) is 289 cm³/mol. The first-order chi connectivity index (χ1) is 34.6. The van der Waals surface area contributed by atoms with Gasteiger partial charge in [-0.1, -0.05) is 47.5 Å². The lowest BCUT2D eigenvalue weighted by molar-refractivity contribution is -0.122. The first-order valence-corrected chi connectivity index (χ1v) is 26.9. The number of carbonyl (C=O) groups is 2. The van der Waals surface area contributed by atoms with E-state index in [1.165, 1.54) is 15.3 Å². The van der Waals surface area contributed by atoms with Gasteiger partial charge in [0.1, 0.15) is 34.1 Å². The smallest absolute Gasteiger partial charge is 0.221 e. The highest BCUT2D eigenvalue weighted by molar-refractivity contribution is 7.17. The molecule has 4 aliphatic heterocycles. The molecule has 4 aromatic heterocycles. The molecule has 6 aromatic rings. The van der Waals surface area contributed by atoms with Gasteiger partial charge in [0.2, 0.25) is 11.8 Å². The second kappa shape index (κ2) is 20.6. The van der Waals surface area contributed by atoms with Crippen molar-refractivity contribution < 1.29 is 9.59 Å². The van der Waals surface area contributed by atoms with Gasteiger partial charge in [0, 0.05) is 120 Å². The maximum Gasteiger partial charge on any atom is 0.221 e. The van der Waals surface area contributed by atoms with Crippen LogP contribution < -0.4 is 15.5 Å². The lowest BCUT2D eigenvalue weighted by atomic mass is 9.97. The van der Waals surface area contributed by atoms with Crippen molar-refractivity contribution in [3.05, 3.63) is 132 Å². The summed E-state index contributed by atoms with van der Waals surface area (Å²) in [7, 11) is 6.08. The molecule has 2 unspecified atom stereocenters. The maximum absolute atomic E-state index is 14.0. The SMILES string of the molecule is Cc1sc2c(c1C)C(c1ccc(Cl)cc1)=N[C@@H](CNC(=O)CCN1CCN(C)CC1Cc1sc3c(c1C)C(c1ccc(Cl)cc1)=N[C@@H](CNC(=O)CCc1cn(C)cn1)c1nnc(C)n1-3)C1=NN(C)C(C)N12. The zero-order valence-corrected chi connectivity index (χ0v) is 45.1. The molecule has 1 saturated heterocycles. The van der Waals surface area contributed by atoms with Gasteiger partial charge in [0.15, 0.2) is 11.7 Å². The molecule has 4 atom stereocenters. The number of anilines is 1. The minimum atomic E-state index is -0.497. The van der Waals surface area contributed by atoms with Crippen LogP contribution in [0, 0.1) is 27.7 Å². The van der Waals surface area contributed by atoms with Crippen LogP contribution in [0.4, 0.5) is 5.00 Å². The molecule has 0 bridgehead atoms. The average molecular weight is 1050 g/mol. The number of hydrogen-bond acceptors (Lipinski definition) is 14. The number of amidine groups is 1. The molecule has 2 N–H and O–H groups in total. The molecule has 20 heteroatoms. The van der Waals surface area contributed by atoms with E-state index in [-0.39, 0.29) is 30.6 Å². The number of imidazole rings is 1. The number of nitrogens with one attached hydrogen (secondary N) is 2. The van der Waals surface area contributed by atoms with Crippen molar-refractivity contribution >= 4 is 79.9 Å². The molecule has 16 nitrogen and oxygen atoms in total. The van der Waals surface area contributed by atoms with Gasteiger partial charge in [-0.05, 0) is 89.9 Å². The summed E-state index contributed by atoms with van der Waals surface area (Å²) in [4.78, 5) is 52.1. The molecule has 4 aliphatic rings. The summed E-state index contributed by atoms with van der Waals surface area (Å²) in [6.07, 6.45) is 5.63. The fourth-order valence-corrected chi connectivity index (χ4v) is 13.1. The number of thiophene rings is 2. The highest BCUT2D eigenvalue weighted by atomic mass is 35.5. The molecule has 2 aromatic carbocycles. The van der Waals surface area contributed by atoms with Crippen LogP contribution in [0.3, 0.4) is 0 Å². The van der Waals surface area contributed by atoms with Gasteiger partial charge in [-0.25, -0.2) is 4.98 Å². The Morgan fingerprint density at radius 2 is 1.42 bits per heavy atom. The number of hydrogen-bond donors (Lipinski definition) is 2. The number of rotatable bonds is 14. The molecule has 72 heavy (non-hydrogen) atoms. The number of hydrazone groups is 1. The topological polar surface area (TPSA) is 157 Å². The Morgan fingerprint density at radius 3 is 2.08 bits per heavy atom. The summed E-state index contributed by atoms with van der Waals surface area (Å²) in [5.41, 5.74) is 8.93. The Hall–Kier alpha value is -5.76. The molecular weight excluding hydrogens is 988 g/mol. The number of piperazine rings is 1. The van der Waals surface area contributed by atoms with Crippen molar-refractivity contribution in [1.82, 2.24) is 49.8 Å². The highest BCUT2D eigenvalue weighted by Gasteiger charge is 2.41. The van der Waals surface area contributed by atoms with Gasteiger partial charge >= 0.3 is 0 Å². The van der Waals surface area contributed by atoms with E-state index in [0.29, 0.717) is 48.2 Å². The van der Waals surface area contributed by atoms with Crippen LogP contribution in [-0.4, -0.2) is 140 Å². The largest absolute Gasteiger partial charge is 0.353 e. The van der Waals surface area contributed by atoms with E-state index in [4.69, 9.17) is 38.3 Å². The van der Waals surface area contributed by atoms with Gasteiger partial charge < -0.3 is 20.1 Å². The third-order valence-corrected chi connectivity index (χ3v) is 17.4. The number of aliphatic imine (C=N–C) groups is 2. The minimum absolute atomic E-state index is 0.0192. The number of likely N-dealkylation sites (N-methyl/N-ethyl adjacent to an activating group) is 1. The van der Waals surface area contributed by atoms with Crippen molar-refractivity contribution in [3.8, 4) is 5.00 Å². The second-order valence-corrected chi connectivity index (χ2v) is 22.5. The number of aryl methyl sites for hydroxylation is 4. The van der Waals surface area contributed by atoms with E-state index >= 15 is 0 Å². The quantitative estimate of drug-likeness (QED) is 0.114. The zero-order valence-electron chi connectivity index (χ0n) is 41.9. The van der Waals surface area contributed by atoms with Crippen molar-refractivity contribution in [2.45, 2.75) is 84.6 Å². The predicted octanol–water partition coefficient (Wildman–Crippen LogP) is 7.30. The van der Waals surface area contributed by atoms with Crippen LogP contribution in [-0.2, 0) is 29.5 Å². The summed E-state index contributed by atoms with van der Waals surface area (Å²) in [5.74, 6) is 2.14. The molecule has 376 valence electrons. The Morgan fingerprint density at radius 1 is 0.778 bits per heavy atom. The first-order valence-electron chi connectivity index (χ1n) is 24.5. The Bertz CT molecular complexity index is 3120. The molecular formula is C52H60Cl2N14O2S2. The molecule has 0 aliphatic carbocycles. The number of carbonyl (C=O) groups excluding carboxylic acids is 2. The van der Waals surface area contributed by atoms with Gasteiger partial charge in [-0.2, -0.15) is 5.10 Å². The number of benzene rings is 2. The minimum Gasteiger partial charge on any atom is -0.353 e. The fourth-order valence-electron chi connectivity index (χ4n) is 10.1. The molecule has 1 fully saturated rings. The molecule has 0 spiro atoms. The number of nitrogens with zero attached hydrogens (tertiary/aromatic N) is 12. The van der Waals surface area contributed by atoms with Crippen LogP contribution >= 0.6 is 45.9 Å². The highest BCUT2D eigenvalue weighted by Crippen LogP contribution is 2.43. The van der Waals surface area contributed by atoms with E-state index in [9.17, 15) is 9.59 Å². The fraction of sp³-hybridized carbons (Fsp3) is 0.423. The number of amides is 2. The Kier molecular flexibility index (Phi) is 14.3. The second-order valence-electron chi connectivity index (χ2n) is 19.3. The molecule has 8 heterocycles. The van der Waals surface area contributed by atoms with Gasteiger partial charge in [0.25, 0.3) is 0 Å². The summed E-state index contributed by atoms with van der Waals surface area (Å²) in [6.45, 7) is 14.4. The maximum atomic E-state index is 14.0. The van der Waals surface area contributed by atoms with Crippen molar-refractivity contribution in [3.63, 3.8) is 0 Å². The van der Waals surface area contributed by atoms with E-state index in [2.05, 4.69) is 79.8 Å². The molecule has 0 saturated carbocycles. The van der Waals surface area contributed by atoms with Crippen LogP contribution in [0.1, 0.15) is 86.3 Å². The Balaban J connectivity index is 0.877. The number of aromatic nitrogens is 5. The van der Waals surface area contributed by atoms with E-state index < -0.39 is 12.1 Å². The van der Waals surface area contributed by atoms with Crippen molar-refractivity contribution in [2.75, 3.05) is 58.3 Å². The van der Waals surface area contributed by atoms with Crippen LogP contribution in [0.2, 0.25) is 10.0 Å². The van der Waals surface area contributed by atoms with Crippen LogP contribution in [0.5, 0.6) is 0 Å². The first kappa shape index (κ1) is 49.8. The third-order valence-electron chi connectivity index (χ3n) is 14.4. The van der Waals surface area contributed by atoms with Gasteiger partial charge in [-0.15, -0.1) is 32.9 Å². The van der Waals surface area contributed by atoms with Crippen molar-refractivity contribution in [1.29, 1.82) is 0 Å². The van der Waals surface area contributed by atoms with E-state index in [0.717, 1.165) is 92.7 Å². The normalized spacial score (nSPS) is 19.9. The lowest BCUT2D eigenvalue weighted by Crippen LogP contribution is -2.53. The summed E-state index contributed by atoms with van der Waals surface area (Å²) < 4.78 is 4.00. The Labute approximate surface area is 438 Å². The third kappa shape index (κ3) is 9.88. The van der Waals surface area contributed by atoms with Gasteiger partial charge in [0.05, 0.1) is 23.4 Å². The molecule has 0 radical (unpaired) electrons. The van der Waals surface area contributed by atoms with Crippen molar-refractivity contribution in [2.24, 2.45) is 22.1 Å². The standard InChI is InChI=1S/C52H60Cl2N14O2S2/c1-29-31(3)71-52-45(29)47(34-9-13-36(53)14-10-34)59-41(50-62-65(8)33(5)68(50)52)25-56-44(70)19-20-66-22-21-63(6)27-39(66)23-42-30(2)46-48(35-11-15-37(54)16-12-35)58-40(49-61-60-32(4)67(49)51(46)72-42)24-55-43(69)18-17-38-26-64(7)28-57-38/h9-16,26,28,33,39-41H,17-25,27H2,1-8H3,(H,55,69)(H,56,70)/t33?,39?,40-,41-/m0/s1. The number of fused-ring (bicyclic) bond motifs is 6. The summed E-state index contributed by atoms with van der Waals surface area (Å²) >= 11 is 16.3. The molecule has 10 rings (SSSR count). The summed E-state index contributed by atoms with van der Waals surface area (Å²) in [5, 5.41) is 26.1. The summed E-state index contributed by atoms with van der Waals surface area (Å²) in [6, 6.07) is 14.9. The van der Waals surface area contributed by atoms with E-state index in [1.807, 2.05) is 85.3 Å². The van der Waals surface area contributed by atoms with Gasteiger partial charge in [-0.3, -0.25) is 38.9 Å². The van der Waals surface area contributed by atoms with E-state index in [1.54, 1.807) is 29.0 Å². The monoisotopic (exact) mass is 1050 g/mol. The zero-order chi connectivity index (χ0) is 50.5. The van der Waals surface area contributed by atoms with Crippen LogP contribution in [0.25, 0.3) is 5.00 Å². The van der Waals surface area contributed by atoms with Crippen LogP contribution in [0.15, 0.2) is 76.1 Å².